The van der Waals surface area contributed by atoms with Crippen LogP contribution in [0.2, 0.25) is 0 Å². The fourth-order valence-electron chi connectivity index (χ4n) is 2.91. The normalized spacial score (nSPS) is 34.2. The molecule has 2 nitrogen and oxygen atoms in total. The summed E-state index contributed by atoms with van der Waals surface area (Å²) in [7, 11) is 0. The van der Waals surface area contributed by atoms with E-state index in [1.54, 1.807) is 0 Å². The van der Waals surface area contributed by atoms with E-state index in [-0.39, 0.29) is 17.5 Å². The third-order valence-electron chi connectivity index (χ3n) is 3.87. The summed E-state index contributed by atoms with van der Waals surface area (Å²) in [6.07, 6.45) is 8.66. The predicted octanol–water partition coefficient (Wildman–Crippen LogP) is 2.68. The fourth-order valence-corrected chi connectivity index (χ4v) is 2.91. The molecule has 4 rings (SSSR count). The third-order valence-corrected chi connectivity index (χ3v) is 3.87. The molecule has 1 spiro atoms. The van der Waals surface area contributed by atoms with Gasteiger partial charge in [-0.1, -0.05) is 48.6 Å². The maximum atomic E-state index is 12.3. The molecule has 1 aromatic rings. The highest BCUT2D eigenvalue weighted by molar-refractivity contribution is 6.16. The lowest BCUT2D eigenvalue weighted by Crippen LogP contribution is -2.15. The first-order chi connectivity index (χ1) is 8.79. The van der Waals surface area contributed by atoms with Crippen LogP contribution < -0.4 is 0 Å². The molecule has 1 heterocycles. The molecule has 2 heteroatoms. The number of benzene rings is 1. The molecule has 2 fully saturated rings. The molecular formula is C16H12O2. The van der Waals surface area contributed by atoms with Crippen LogP contribution in [0.15, 0.2) is 59.7 Å². The van der Waals surface area contributed by atoms with Gasteiger partial charge in [-0.15, -0.1) is 0 Å². The molecule has 1 aliphatic heterocycles. The smallest absolute Gasteiger partial charge is 0.188 e. The molecule has 2 aliphatic carbocycles. The van der Waals surface area contributed by atoms with Crippen LogP contribution >= 0.6 is 0 Å². The quantitative estimate of drug-likeness (QED) is 0.554. The highest BCUT2D eigenvalue weighted by Gasteiger charge is 2.64. The van der Waals surface area contributed by atoms with Crippen molar-refractivity contribution >= 4 is 11.9 Å². The van der Waals surface area contributed by atoms with E-state index in [1.807, 2.05) is 54.6 Å². The third kappa shape index (κ3) is 1.24. The molecule has 0 bridgehead atoms. The summed E-state index contributed by atoms with van der Waals surface area (Å²) in [4.78, 5) is 12.3. The SMILES string of the molecule is O=C1C(=Cc2ccccc2)CC23OC2C=CC=C13. The second-order valence-electron chi connectivity index (χ2n) is 4.98. The molecule has 18 heavy (non-hydrogen) atoms. The van der Waals surface area contributed by atoms with Crippen molar-refractivity contribution in [2.45, 2.75) is 18.1 Å². The van der Waals surface area contributed by atoms with Crippen LogP contribution in [0.5, 0.6) is 0 Å². The molecule has 0 aromatic heterocycles. The average molecular weight is 236 g/mol. The zero-order chi connectivity index (χ0) is 12.2. The van der Waals surface area contributed by atoms with Crippen molar-refractivity contribution in [1.29, 1.82) is 0 Å². The zero-order valence-electron chi connectivity index (χ0n) is 9.80. The molecule has 0 radical (unpaired) electrons. The van der Waals surface area contributed by atoms with Gasteiger partial charge in [-0.05, 0) is 11.6 Å². The molecule has 2 unspecified atom stereocenters. The van der Waals surface area contributed by atoms with Crippen LogP contribution in [0, 0.1) is 0 Å². The molecular weight excluding hydrogens is 224 g/mol. The number of epoxide rings is 1. The Bertz CT molecular complexity index is 622. The number of Topliss-reactive ketones (excluding diaryl/α,β-unsaturated/α-hetero) is 1. The molecule has 88 valence electrons. The minimum atomic E-state index is -0.313. The lowest BCUT2D eigenvalue weighted by atomic mass is 9.94. The average Bonchev–Trinajstić information content (AvgIpc) is 3.05. The number of ether oxygens (including phenoxy) is 1. The van der Waals surface area contributed by atoms with Crippen LogP contribution in [0.25, 0.3) is 6.08 Å². The van der Waals surface area contributed by atoms with E-state index in [4.69, 9.17) is 4.74 Å². The predicted molar refractivity (Wildman–Crippen MR) is 68.9 cm³/mol. The first-order valence-electron chi connectivity index (χ1n) is 6.17. The Morgan fingerprint density at radius 2 is 2.11 bits per heavy atom. The zero-order valence-corrected chi connectivity index (χ0v) is 9.80. The molecule has 1 saturated heterocycles. The van der Waals surface area contributed by atoms with E-state index in [0.29, 0.717) is 6.42 Å². The number of allylic oxidation sites excluding steroid dienone is 2. The van der Waals surface area contributed by atoms with Gasteiger partial charge in [-0.3, -0.25) is 4.79 Å². The Hall–Kier alpha value is -1.93. The maximum Gasteiger partial charge on any atom is 0.188 e. The first-order valence-corrected chi connectivity index (χ1v) is 6.17. The van der Waals surface area contributed by atoms with Gasteiger partial charge in [-0.25, -0.2) is 0 Å². The number of hydrogen-bond donors (Lipinski definition) is 0. The second kappa shape index (κ2) is 3.30. The van der Waals surface area contributed by atoms with Crippen molar-refractivity contribution in [2.24, 2.45) is 0 Å². The van der Waals surface area contributed by atoms with E-state index >= 15 is 0 Å². The minimum Gasteiger partial charge on any atom is -0.356 e. The molecule has 0 amide bonds. The number of carbonyl (C=O) groups excluding carboxylic acids is 1. The van der Waals surface area contributed by atoms with E-state index < -0.39 is 0 Å². The monoisotopic (exact) mass is 236 g/mol. The number of ketones is 1. The lowest BCUT2D eigenvalue weighted by molar-refractivity contribution is -0.111. The van der Waals surface area contributed by atoms with Gasteiger partial charge in [0.15, 0.2) is 5.78 Å². The summed E-state index contributed by atoms with van der Waals surface area (Å²) in [5, 5.41) is 0. The second-order valence-corrected chi connectivity index (χ2v) is 4.98. The maximum absolute atomic E-state index is 12.3. The topological polar surface area (TPSA) is 29.6 Å². The van der Waals surface area contributed by atoms with Gasteiger partial charge in [0, 0.05) is 17.6 Å². The van der Waals surface area contributed by atoms with Crippen LogP contribution in [0.1, 0.15) is 12.0 Å². The van der Waals surface area contributed by atoms with Crippen molar-refractivity contribution in [2.75, 3.05) is 0 Å². The van der Waals surface area contributed by atoms with Gasteiger partial charge in [0.25, 0.3) is 0 Å². The van der Waals surface area contributed by atoms with Crippen molar-refractivity contribution in [3.05, 3.63) is 65.3 Å². The van der Waals surface area contributed by atoms with E-state index in [1.165, 1.54) is 0 Å². The largest absolute Gasteiger partial charge is 0.356 e. The minimum absolute atomic E-state index is 0.114. The van der Waals surface area contributed by atoms with Crippen LogP contribution in [0.4, 0.5) is 0 Å². The Labute approximate surface area is 105 Å². The van der Waals surface area contributed by atoms with Crippen molar-refractivity contribution in [1.82, 2.24) is 0 Å². The van der Waals surface area contributed by atoms with Crippen molar-refractivity contribution in [3.8, 4) is 0 Å². The van der Waals surface area contributed by atoms with Gasteiger partial charge in [0.2, 0.25) is 0 Å². The lowest BCUT2D eigenvalue weighted by Gasteiger charge is -2.04. The summed E-state index contributed by atoms with van der Waals surface area (Å²) >= 11 is 0. The summed E-state index contributed by atoms with van der Waals surface area (Å²) < 4.78 is 5.71. The summed E-state index contributed by atoms with van der Waals surface area (Å²) in [6, 6.07) is 9.96. The van der Waals surface area contributed by atoms with Crippen LogP contribution in [0.3, 0.4) is 0 Å². The van der Waals surface area contributed by atoms with Gasteiger partial charge in [-0.2, -0.15) is 0 Å². The number of rotatable bonds is 1. The Morgan fingerprint density at radius 3 is 2.89 bits per heavy atom. The van der Waals surface area contributed by atoms with Crippen molar-refractivity contribution < 1.29 is 9.53 Å². The Balaban J connectivity index is 1.74. The van der Waals surface area contributed by atoms with Crippen molar-refractivity contribution in [3.63, 3.8) is 0 Å². The van der Waals surface area contributed by atoms with Gasteiger partial charge in [0.1, 0.15) is 11.7 Å². The fraction of sp³-hybridized carbons (Fsp3) is 0.188. The standard InChI is InChI=1S/C16H12O2/c17-15-12(9-11-5-2-1-3-6-11)10-16-13(15)7-4-8-14(16)18-16/h1-9,14H,10H2. The van der Waals surface area contributed by atoms with Crippen LogP contribution in [-0.4, -0.2) is 17.5 Å². The van der Waals surface area contributed by atoms with Gasteiger partial charge >= 0.3 is 0 Å². The van der Waals surface area contributed by atoms with E-state index in [9.17, 15) is 4.79 Å². The molecule has 2 atom stereocenters. The van der Waals surface area contributed by atoms with E-state index in [2.05, 4.69) is 0 Å². The summed E-state index contributed by atoms with van der Waals surface area (Å²) in [5.74, 6) is 0.144. The first kappa shape index (κ1) is 10.0. The Kier molecular flexibility index (Phi) is 1.84. The number of carbonyl (C=O) groups is 1. The Morgan fingerprint density at radius 1 is 1.28 bits per heavy atom. The van der Waals surface area contributed by atoms with Crippen LogP contribution in [-0.2, 0) is 9.53 Å². The molecule has 1 saturated carbocycles. The molecule has 0 N–H and O–H groups in total. The molecule has 3 aliphatic rings. The molecule has 1 aromatic carbocycles. The number of hydrogen-bond acceptors (Lipinski definition) is 2. The van der Waals surface area contributed by atoms with Gasteiger partial charge in [0.05, 0.1) is 0 Å². The highest BCUT2D eigenvalue weighted by Crippen LogP contribution is 2.55. The van der Waals surface area contributed by atoms with Gasteiger partial charge < -0.3 is 4.74 Å². The van der Waals surface area contributed by atoms with E-state index in [0.717, 1.165) is 16.7 Å². The summed E-state index contributed by atoms with van der Waals surface area (Å²) in [6.45, 7) is 0. The highest BCUT2D eigenvalue weighted by atomic mass is 16.6. The summed E-state index contributed by atoms with van der Waals surface area (Å²) in [5.41, 5.74) is 2.45.